The van der Waals surface area contributed by atoms with E-state index >= 15 is 0 Å². The SMILES string of the molecule is CCOC(=O)Cn1cc(-c2ccc(C(C/C(=N\O)c3ccnc(C)c3)c3ccccc3C)cc2)nn1. The maximum absolute atomic E-state index is 11.7. The molecule has 8 nitrogen and oxygen atoms in total. The molecule has 0 bridgehead atoms. The van der Waals surface area contributed by atoms with Crippen LogP contribution in [-0.2, 0) is 16.1 Å². The number of aryl methyl sites for hydroxylation is 2. The Bertz CT molecular complexity index is 1360. The van der Waals surface area contributed by atoms with E-state index in [0.717, 1.165) is 33.5 Å². The van der Waals surface area contributed by atoms with Crippen molar-refractivity contribution in [3.05, 3.63) is 101 Å². The first-order chi connectivity index (χ1) is 17.5. The molecule has 2 heterocycles. The number of nitrogens with zero attached hydrogens (tertiary/aromatic N) is 5. The Morgan fingerprint density at radius 1 is 1.11 bits per heavy atom. The lowest BCUT2D eigenvalue weighted by molar-refractivity contribution is -0.144. The molecule has 1 N–H and O–H groups in total. The van der Waals surface area contributed by atoms with Gasteiger partial charge in [0.2, 0.25) is 0 Å². The zero-order valence-electron chi connectivity index (χ0n) is 20.6. The van der Waals surface area contributed by atoms with Gasteiger partial charge in [-0.3, -0.25) is 9.78 Å². The molecule has 184 valence electrons. The van der Waals surface area contributed by atoms with E-state index in [0.29, 0.717) is 24.4 Å². The van der Waals surface area contributed by atoms with Crippen molar-refractivity contribution >= 4 is 11.7 Å². The third-order valence-corrected chi connectivity index (χ3v) is 6.06. The fourth-order valence-corrected chi connectivity index (χ4v) is 4.25. The van der Waals surface area contributed by atoms with E-state index in [2.05, 4.69) is 51.6 Å². The van der Waals surface area contributed by atoms with Crippen LogP contribution in [-0.4, -0.2) is 43.5 Å². The number of carbonyl (C=O) groups is 1. The first-order valence-corrected chi connectivity index (χ1v) is 11.8. The van der Waals surface area contributed by atoms with Crippen molar-refractivity contribution in [2.24, 2.45) is 5.16 Å². The van der Waals surface area contributed by atoms with Gasteiger partial charge in [0.1, 0.15) is 12.2 Å². The van der Waals surface area contributed by atoms with Gasteiger partial charge in [-0.1, -0.05) is 58.9 Å². The number of pyridine rings is 1. The van der Waals surface area contributed by atoms with Gasteiger partial charge in [0.05, 0.1) is 18.5 Å². The summed E-state index contributed by atoms with van der Waals surface area (Å²) in [5.41, 5.74) is 7.27. The molecule has 0 radical (unpaired) electrons. The predicted octanol–water partition coefficient (Wildman–Crippen LogP) is 4.92. The average molecular weight is 484 g/mol. The van der Waals surface area contributed by atoms with Crippen LogP contribution in [0.1, 0.15) is 47.2 Å². The molecular weight excluding hydrogens is 454 g/mol. The molecule has 0 aliphatic carbocycles. The Morgan fingerprint density at radius 2 is 1.89 bits per heavy atom. The Balaban J connectivity index is 1.63. The third-order valence-electron chi connectivity index (χ3n) is 6.06. The van der Waals surface area contributed by atoms with Gasteiger partial charge in [-0.15, -0.1) is 5.10 Å². The number of hydrogen-bond acceptors (Lipinski definition) is 7. The molecule has 8 heteroatoms. The standard InChI is InChI=1S/C28H29N5O3/c1-4-36-28(34)18-33-17-27(30-32-33)22-11-9-21(10-12-22)25(24-8-6-5-7-19(24)2)16-26(31-35)23-13-14-29-20(3)15-23/h5-15,17,25,35H,4,16,18H2,1-3H3/b31-26+. The Kier molecular flexibility index (Phi) is 7.85. The summed E-state index contributed by atoms with van der Waals surface area (Å²) in [6, 6.07) is 20.1. The largest absolute Gasteiger partial charge is 0.465 e. The van der Waals surface area contributed by atoms with Crippen molar-refractivity contribution in [3.8, 4) is 11.3 Å². The van der Waals surface area contributed by atoms with E-state index in [9.17, 15) is 10.0 Å². The van der Waals surface area contributed by atoms with E-state index in [-0.39, 0.29) is 18.4 Å². The van der Waals surface area contributed by atoms with Crippen molar-refractivity contribution in [2.75, 3.05) is 6.61 Å². The fraction of sp³-hybridized carbons (Fsp3) is 0.250. The number of ether oxygens (including phenoxy) is 1. The van der Waals surface area contributed by atoms with Gasteiger partial charge < -0.3 is 9.94 Å². The van der Waals surface area contributed by atoms with Crippen molar-refractivity contribution in [2.45, 2.75) is 39.7 Å². The van der Waals surface area contributed by atoms with Crippen molar-refractivity contribution in [1.82, 2.24) is 20.0 Å². The van der Waals surface area contributed by atoms with Crippen molar-refractivity contribution in [1.29, 1.82) is 0 Å². The molecule has 0 saturated carbocycles. The summed E-state index contributed by atoms with van der Waals surface area (Å²) in [5.74, 6) is -0.379. The molecule has 2 aromatic heterocycles. The summed E-state index contributed by atoms with van der Waals surface area (Å²) in [6.07, 6.45) is 3.97. The van der Waals surface area contributed by atoms with Crippen LogP contribution in [0.3, 0.4) is 0 Å². The van der Waals surface area contributed by atoms with Crippen LogP contribution in [0.4, 0.5) is 0 Å². The minimum absolute atomic E-state index is 0.0199. The molecule has 0 spiro atoms. The molecule has 4 rings (SSSR count). The lowest BCUT2D eigenvalue weighted by Gasteiger charge is -2.21. The summed E-state index contributed by atoms with van der Waals surface area (Å²) in [5, 5.41) is 21.8. The molecule has 0 aliphatic rings. The summed E-state index contributed by atoms with van der Waals surface area (Å²) < 4.78 is 6.45. The molecule has 1 unspecified atom stereocenters. The topological polar surface area (TPSA) is 102 Å². The highest BCUT2D eigenvalue weighted by atomic mass is 16.5. The van der Waals surface area contributed by atoms with Crippen LogP contribution in [0.5, 0.6) is 0 Å². The second-order valence-electron chi connectivity index (χ2n) is 8.57. The van der Waals surface area contributed by atoms with Gasteiger partial charge in [-0.2, -0.15) is 0 Å². The molecule has 36 heavy (non-hydrogen) atoms. The molecular formula is C28H29N5O3. The molecule has 0 aliphatic heterocycles. The Morgan fingerprint density at radius 3 is 2.58 bits per heavy atom. The predicted molar refractivity (Wildman–Crippen MR) is 137 cm³/mol. The molecule has 4 aromatic rings. The van der Waals surface area contributed by atoms with Crippen LogP contribution in [0.2, 0.25) is 0 Å². The highest BCUT2D eigenvalue weighted by Gasteiger charge is 2.21. The number of aromatic nitrogens is 4. The van der Waals surface area contributed by atoms with Crippen LogP contribution >= 0.6 is 0 Å². The Labute approximate surface area is 210 Å². The fourth-order valence-electron chi connectivity index (χ4n) is 4.25. The number of hydrogen-bond donors (Lipinski definition) is 1. The average Bonchev–Trinajstić information content (AvgIpc) is 3.34. The van der Waals surface area contributed by atoms with E-state index in [1.165, 1.54) is 4.68 Å². The normalized spacial score (nSPS) is 12.4. The lowest BCUT2D eigenvalue weighted by atomic mass is 9.83. The number of rotatable bonds is 9. The maximum atomic E-state index is 11.7. The highest BCUT2D eigenvalue weighted by molar-refractivity contribution is 6.01. The smallest absolute Gasteiger partial charge is 0.327 e. The number of benzene rings is 2. The first-order valence-electron chi connectivity index (χ1n) is 11.8. The van der Waals surface area contributed by atoms with Crippen LogP contribution < -0.4 is 0 Å². The van der Waals surface area contributed by atoms with Gasteiger partial charge in [0.25, 0.3) is 0 Å². The van der Waals surface area contributed by atoms with Crippen LogP contribution in [0.15, 0.2) is 78.2 Å². The lowest BCUT2D eigenvalue weighted by Crippen LogP contribution is -2.13. The van der Waals surface area contributed by atoms with Crippen molar-refractivity contribution < 1.29 is 14.7 Å². The second kappa shape index (κ2) is 11.4. The van der Waals surface area contributed by atoms with E-state index in [4.69, 9.17) is 4.74 Å². The van der Waals surface area contributed by atoms with E-state index in [1.807, 2.05) is 43.3 Å². The third kappa shape index (κ3) is 5.83. The van der Waals surface area contributed by atoms with Crippen LogP contribution in [0.25, 0.3) is 11.3 Å². The first kappa shape index (κ1) is 24.8. The van der Waals surface area contributed by atoms with Gasteiger partial charge >= 0.3 is 5.97 Å². The van der Waals surface area contributed by atoms with Gasteiger partial charge in [-0.05, 0) is 49.6 Å². The molecule has 0 fully saturated rings. The van der Waals surface area contributed by atoms with E-state index in [1.54, 1.807) is 19.3 Å². The number of esters is 1. The number of oxime groups is 1. The number of carbonyl (C=O) groups excluding carboxylic acids is 1. The second-order valence-corrected chi connectivity index (χ2v) is 8.57. The molecule has 1 atom stereocenters. The zero-order valence-corrected chi connectivity index (χ0v) is 20.6. The quantitative estimate of drug-likeness (QED) is 0.157. The molecule has 0 saturated heterocycles. The maximum Gasteiger partial charge on any atom is 0.327 e. The minimum Gasteiger partial charge on any atom is -0.465 e. The summed E-state index contributed by atoms with van der Waals surface area (Å²) in [6.45, 7) is 6.12. The molecule has 0 amide bonds. The minimum atomic E-state index is -0.351. The highest BCUT2D eigenvalue weighted by Crippen LogP contribution is 2.33. The summed E-state index contributed by atoms with van der Waals surface area (Å²) in [4.78, 5) is 16.0. The van der Waals surface area contributed by atoms with Crippen molar-refractivity contribution in [3.63, 3.8) is 0 Å². The van der Waals surface area contributed by atoms with E-state index < -0.39 is 0 Å². The summed E-state index contributed by atoms with van der Waals surface area (Å²) in [7, 11) is 0. The molecule has 2 aromatic carbocycles. The monoisotopic (exact) mass is 483 g/mol. The van der Waals surface area contributed by atoms with Gasteiger partial charge in [0.15, 0.2) is 0 Å². The van der Waals surface area contributed by atoms with Gasteiger partial charge in [-0.25, -0.2) is 4.68 Å². The zero-order chi connectivity index (χ0) is 25.5. The Hall–Kier alpha value is -4.33. The van der Waals surface area contributed by atoms with Gasteiger partial charge in [0, 0.05) is 35.4 Å². The van der Waals surface area contributed by atoms with Crippen LogP contribution in [0, 0.1) is 13.8 Å². The summed E-state index contributed by atoms with van der Waals surface area (Å²) >= 11 is 0.